The van der Waals surface area contributed by atoms with Gasteiger partial charge in [-0.2, -0.15) is 0 Å². The Labute approximate surface area is 159 Å². The number of urea groups is 1. The first-order valence-corrected chi connectivity index (χ1v) is 9.09. The molecular formula is C22H26N2O3. The van der Waals surface area contributed by atoms with E-state index in [2.05, 4.69) is 16.7 Å². The molecule has 1 heterocycles. The van der Waals surface area contributed by atoms with E-state index in [4.69, 9.17) is 9.15 Å². The first-order valence-electron chi connectivity index (χ1n) is 9.09. The molecule has 3 aromatic rings. The van der Waals surface area contributed by atoms with Gasteiger partial charge in [0.15, 0.2) is 0 Å². The summed E-state index contributed by atoms with van der Waals surface area (Å²) in [5.74, 6) is 0. The van der Waals surface area contributed by atoms with Crippen LogP contribution in [0.2, 0.25) is 0 Å². The first kappa shape index (κ1) is 19.0. The molecule has 2 aromatic carbocycles. The fourth-order valence-electron chi connectivity index (χ4n) is 2.67. The largest absolute Gasteiger partial charge is 0.464 e. The van der Waals surface area contributed by atoms with E-state index < -0.39 is 0 Å². The Balaban J connectivity index is 1.47. The lowest BCUT2D eigenvalue weighted by molar-refractivity contribution is -0.0149. The Kier molecular flexibility index (Phi) is 5.81. The number of benzene rings is 2. The van der Waals surface area contributed by atoms with Crippen molar-refractivity contribution in [3.63, 3.8) is 0 Å². The van der Waals surface area contributed by atoms with Crippen LogP contribution in [-0.2, 0) is 24.4 Å². The predicted octanol–water partition coefficient (Wildman–Crippen LogP) is 4.75. The van der Waals surface area contributed by atoms with Gasteiger partial charge in [-0.1, -0.05) is 36.4 Å². The van der Waals surface area contributed by atoms with Crippen molar-refractivity contribution in [1.82, 2.24) is 10.6 Å². The third-order valence-corrected chi connectivity index (χ3v) is 4.09. The fourth-order valence-corrected chi connectivity index (χ4v) is 2.67. The molecular weight excluding hydrogens is 340 g/mol. The van der Waals surface area contributed by atoms with Crippen molar-refractivity contribution in [3.05, 3.63) is 71.5 Å². The second-order valence-electron chi connectivity index (χ2n) is 7.55. The van der Waals surface area contributed by atoms with Crippen molar-refractivity contribution in [2.75, 3.05) is 0 Å². The molecule has 0 aliphatic heterocycles. The number of carbonyl (C=O) groups is 1. The molecule has 5 heteroatoms. The number of hydrogen-bond donors (Lipinski definition) is 2. The molecule has 0 spiro atoms. The first-order chi connectivity index (χ1) is 12.9. The number of amides is 2. The van der Waals surface area contributed by atoms with E-state index in [0.717, 1.165) is 27.7 Å². The van der Waals surface area contributed by atoms with Gasteiger partial charge in [0.1, 0.15) is 5.58 Å². The second-order valence-corrected chi connectivity index (χ2v) is 7.55. The number of hydrogen-bond acceptors (Lipinski definition) is 3. The Morgan fingerprint density at radius 1 is 0.963 bits per heavy atom. The molecule has 0 aliphatic carbocycles. The molecule has 0 bridgehead atoms. The molecule has 0 saturated heterocycles. The highest BCUT2D eigenvalue weighted by Gasteiger charge is 2.10. The van der Waals surface area contributed by atoms with E-state index in [1.165, 1.54) is 0 Å². The zero-order chi connectivity index (χ0) is 19.3. The van der Waals surface area contributed by atoms with Gasteiger partial charge in [-0.15, -0.1) is 0 Å². The number of furan rings is 1. The maximum atomic E-state index is 12.1. The van der Waals surface area contributed by atoms with E-state index in [1.807, 2.05) is 63.2 Å². The molecule has 0 unspecified atom stereocenters. The van der Waals surface area contributed by atoms with Crippen molar-refractivity contribution < 1.29 is 13.9 Å². The number of carbonyl (C=O) groups excluding carboxylic acids is 1. The number of ether oxygens (including phenoxy) is 1. The van der Waals surface area contributed by atoms with Crippen LogP contribution >= 0.6 is 0 Å². The molecule has 2 N–H and O–H groups in total. The average Bonchev–Trinajstić information content (AvgIpc) is 3.10. The minimum absolute atomic E-state index is 0.174. The molecule has 0 radical (unpaired) electrons. The Morgan fingerprint density at radius 3 is 2.41 bits per heavy atom. The maximum absolute atomic E-state index is 12.1. The summed E-state index contributed by atoms with van der Waals surface area (Å²) in [4.78, 5) is 12.1. The number of nitrogens with one attached hydrogen (secondary N) is 2. The molecule has 27 heavy (non-hydrogen) atoms. The summed E-state index contributed by atoms with van der Waals surface area (Å²) in [5.41, 5.74) is 3.78. The Morgan fingerprint density at radius 2 is 1.67 bits per heavy atom. The summed E-state index contributed by atoms with van der Waals surface area (Å²) in [6.45, 7) is 7.57. The van der Waals surface area contributed by atoms with E-state index in [9.17, 15) is 4.79 Å². The lowest BCUT2D eigenvalue weighted by Crippen LogP contribution is -2.34. The SMILES string of the molecule is CC(C)(C)OCc1cccc(CNC(=O)NCc2ccc3ccoc3c2)c1. The van der Waals surface area contributed by atoms with Crippen LogP contribution in [-0.4, -0.2) is 11.6 Å². The number of rotatable bonds is 6. The standard InChI is InChI=1S/C22H26N2O3/c1-22(2,3)27-15-18-6-4-5-16(11-18)13-23-21(25)24-14-17-7-8-19-9-10-26-20(19)12-17/h4-12H,13-15H2,1-3H3,(H2,23,24,25). The van der Waals surface area contributed by atoms with Crippen LogP contribution in [0.5, 0.6) is 0 Å². The van der Waals surface area contributed by atoms with Crippen LogP contribution in [0.25, 0.3) is 11.0 Å². The van der Waals surface area contributed by atoms with Gasteiger partial charge in [0.2, 0.25) is 0 Å². The molecule has 0 aliphatic rings. The number of fused-ring (bicyclic) bond motifs is 1. The van der Waals surface area contributed by atoms with Crippen LogP contribution in [0.15, 0.2) is 59.2 Å². The van der Waals surface area contributed by atoms with E-state index >= 15 is 0 Å². The summed E-state index contributed by atoms with van der Waals surface area (Å²) < 4.78 is 11.2. The van der Waals surface area contributed by atoms with Crippen molar-refractivity contribution in [3.8, 4) is 0 Å². The summed E-state index contributed by atoms with van der Waals surface area (Å²) in [5, 5.41) is 6.81. The van der Waals surface area contributed by atoms with Crippen molar-refractivity contribution >= 4 is 17.0 Å². The minimum atomic E-state index is -0.203. The topological polar surface area (TPSA) is 63.5 Å². The third kappa shape index (κ3) is 5.86. The van der Waals surface area contributed by atoms with Crippen molar-refractivity contribution in [2.24, 2.45) is 0 Å². The maximum Gasteiger partial charge on any atom is 0.315 e. The lowest BCUT2D eigenvalue weighted by Gasteiger charge is -2.19. The quantitative estimate of drug-likeness (QED) is 0.662. The average molecular weight is 366 g/mol. The van der Waals surface area contributed by atoms with Gasteiger partial charge in [0.25, 0.3) is 0 Å². The fraction of sp³-hybridized carbons (Fsp3) is 0.318. The monoisotopic (exact) mass is 366 g/mol. The Bertz CT molecular complexity index is 909. The summed E-state index contributed by atoms with van der Waals surface area (Å²) in [6.07, 6.45) is 1.66. The zero-order valence-corrected chi connectivity index (χ0v) is 16.0. The normalized spacial score (nSPS) is 11.5. The summed E-state index contributed by atoms with van der Waals surface area (Å²) in [6, 6.07) is 15.7. The van der Waals surface area contributed by atoms with E-state index in [0.29, 0.717) is 19.7 Å². The van der Waals surface area contributed by atoms with Crippen LogP contribution in [0, 0.1) is 0 Å². The highest BCUT2D eigenvalue weighted by molar-refractivity contribution is 5.78. The van der Waals surface area contributed by atoms with E-state index in [-0.39, 0.29) is 11.6 Å². The van der Waals surface area contributed by atoms with E-state index in [1.54, 1.807) is 6.26 Å². The summed E-state index contributed by atoms with van der Waals surface area (Å²) in [7, 11) is 0. The predicted molar refractivity (Wildman–Crippen MR) is 106 cm³/mol. The second kappa shape index (κ2) is 8.27. The third-order valence-electron chi connectivity index (χ3n) is 4.09. The van der Waals surface area contributed by atoms with Crippen molar-refractivity contribution in [1.29, 1.82) is 0 Å². The molecule has 3 rings (SSSR count). The molecule has 142 valence electrons. The molecule has 0 saturated carbocycles. The highest BCUT2D eigenvalue weighted by atomic mass is 16.5. The van der Waals surface area contributed by atoms with Crippen LogP contribution < -0.4 is 10.6 Å². The molecule has 2 amide bonds. The zero-order valence-electron chi connectivity index (χ0n) is 16.0. The lowest BCUT2D eigenvalue weighted by atomic mass is 10.1. The van der Waals surface area contributed by atoms with Crippen LogP contribution in [0.3, 0.4) is 0 Å². The highest BCUT2D eigenvalue weighted by Crippen LogP contribution is 2.17. The van der Waals surface area contributed by atoms with Gasteiger partial charge < -0.3 is 19.8 Å². The van der Waals surface area contributed by atoms with Gasteiger partial charge >= 0.3 is 6.03 Å². The summed E-state index contributed by atoms with van der Waals surface area (Å²) >= 11 is 0. The van der Waals surface area contributed by atoms with Gasteiger partial charge in [-0.3, -0.25) is 0 Å². The smallest absolute Gasteiger partial charge is 0.315 e. The van der Waals surface area contributed by atoms with Gasteiger partial charge in [0.05, 0.1) is 18.5 Å². The van der Waals surface area contributed by atoms with Gasteiger partial charge in [0, 0.05) is 18.5 Å². The molecule has 0 atom stereocenters. The minimum Gasteiger partial charge on any atom is -0.464 e. The van der Waals surface area contributed by atoms with Gasteiger partial charge in [-0.05, 0) is 49.6 Å². The van der Waals surface area contributed by atoms with Crippen molar-refractivity contribution in [2.45, 2.75) is 46.1 Å². The van der Waals surface area contributed by atoms with Crippen LogP contribution in [0.1, 0.15) is 37.5 Å². The van der Waals surface area contributed by atoms with Gasteiger partial charge in [-0.25, -0.2) is 4.79 Å². The molecule has 1 aromatic heterocycles. The van der Waals surface area contributed by atoms with Crippen LogP contribution in [0.4, 0.5) is 4.79 Å². The Hall–Kier alpha value is -2.79. The molecule has 0 fully saturated rings. The molecule has 5 nitrogen and oxygen atoms in total.